The zero-order chi connectivity index (χ0) is 15.9. The van der Waals surface area contributed by atoms with Crippen LogP contribution < -0.4 is 5.32 Å². The fourth-order valence-electron chi connectivity index (χ4n) is 2.75. The molecule has 0 aliphatic heterocycles. The van der Waals surface area contributed by atoms with Gasteiger partial charge in [-0.2, -0.15) is 0 Å². The third-order valence-electron chi connectivity index (χ3n) is 4.17. The van der Waals surface area contributed by atoms with Gasteiger partial charge in [0, 0.05) is 19.6 Å². The summed E-state index contributed by atoms with van der Waals surface area (Å²) in [5.41, 5.74) is 1.40. The Morgan fingerprint density at radius 3 is 2.14 bits per heavy atom. The van der Waals surface area contributed by atoms with Crippen LogP contribution in [0, 0.1) is 0 Å². The van der Waals surface area contributed by atoms with Gasteiger partial charge in [0.25, 0.3) is 0 Å². The first-order valence-corrected chi connectivity index (χ1v) is 9.26. The number of hydrogen-bond acceptors (Lipinski definition) is 2. The summed E-state index contributed by atoms with van der Waals surface area (Å²) in [6, 6.07) is 10.7. The highest BCUT2D eigenvalue weighted by Gasteiger charge is 1.99. The molecule has 1 N–H and O–H groups in total. The standard InChI is InChI=1S/C20H36N2/c1-3-4-5-6-7-8-9-13-16-21-17-18-22(2)19-20-14-11-10-12-15-20/h10-12,14-15,21H,3-9,13,16-19H2,1-2H3. The molecule has 0 aliphatic carbocycles. The molecule has 0 fully saturated rings. The summed E-state index contributed by atoms with van der Waals surface area (Å²) in [6.45, 7) is 6.71. The Morgan fingerprint density at radius 2 is 1.45 bits per heavy atom. The first-order chi connectivity index (χ1) is 10.8. The van der Waals surface area contributed by atoms with E-state index in [-0.39, 0.29) is 0 Å². The van der Waals surface area contributed by atoms with Crippen LogP contribution in [0.3, 0.4) is 0 Å². The molecular weight excluding hydrogens is 268 g/mol. The summed E-state index contributed by atoms with van der Waals surface area (Å²) < 4.78 is 0. The highest BCUT2D eigenvalue weighted by atomic mass is 15.1. The van der Waals surface area contributed by atoms with Crippen molar-refractivity contribution in [3.63, 3.8) is 0 Å². The molecule has 1 aromatic rings. The fraction of sp³-hybridized carbons (Fsp3) is 0.700. The number of likely N-dealkylation sites (N-methyl/N-ethyl adjacent to an activating group) is 1. The smallest absolute Gasteiger partial charge is 0.0231 e. The molecule has 0 radical (unpaired) electrons. The molecule has 0 aromatic heterocycles. The normalized spacial score (nSPS) is 11.2. The van der Waals surface area contributed by atoms with Gasteiger partial charge < -0.3 is 10.2 Å². The molecule has 1 rings (SSSR count). The second-order valence-electron chi connectivity index (χ2n) is 6.45. The van der Waals surface area contributed by atoms with Crippen molar-refractivity contribution in [2.75, 3.05) is 26.7 Å². The Morgan fingerprint density at radius 1 is 0.818 bits per heavy atom. The first kappa shape index (κ1) is 19.2. The maximum atomic E-state index is 3.57. The monoisotopic (exact) mass is 304 g/mol. The molecule has 0 saturated heterocycles. The van der Waals surface area contributed by atoms with Crippen molar-refractivity contribution in [1.82, 2.24) is 10.2 Å². The van der Waals surface area contributed by atoms with Gasteiger partial charge in [-0.05, 0) is 25.6 Å². The predicted octanol–water partition coefficient (Wildman–Crippen LogP) is 4.85. The molecule has 1 aromatic carbocycles. The highest BCUT2D eigenvalue weighted by molar-refractivity contribution is 5.14. The van der Waals surface area contributed by atoms with Crippen LogP contribution >= 0.6 is 0 Å². The van der Waals surface area contributed by atoms with Crippen LogP contribution in [0.25, 0.3) is 0 Å². The molecule has 0 spiro atoms. The van der Waals surface area contributed by atoms with Gasteiger partial charge in [-0.3, -0.25) is 0 Å². The number of benzene rings is 1. The molecule has 126 valence electrons. The average molecular weight is 305 g/mol. The van der Waals surface area contributed by atoms with E-state index < -0.39 is 0 Å². The lowest BCUT2D eigenvalue weighted by Crippen LogP contribution is -2.29. The molecule has 0 aliphatic rings. The van der Waals surface area contributed by atoms with Gasteiger partial charge in [-0.15, -0.1) is 0 Å². The maximum Gasteiger partial charge on any atom is 0.0231 e. The number of nitrogens with zero attached hydrogens (tertiary/aromatic N) is 1. The lowest BCUT2D eigenvalue weighted by atomic mass is 10.1. The van der Waals surface area contributed by atoms with E-state index >= 15 is 0 Å². The first-order valence-electron chi connectivity index (χ1n) is 9.26. The van der Waals surface area contributed by atoms with E-state index in [2.05, 4.69) is 54.5 Å². The SMILES string of the molecule is CCCCCCCCCCNCCN(C)Cc1ccccc1. The average Bonchev–Trinajstić information content (AvgIpc) is 2.53. The van der Waals surface area contributed by atoms with Gasteiger partial charge in [0.15, 0.2) is 0 Å². The second-order valence-corrected chi connectivity index (χ2v) is 6.45. The fourth-order valence-corrected chi connectivity index (χ4v) is 2.75. The van der Waals surface area contributed by atoms with E-state index in [1.54, 1.807) is 0 Å². The van der Waals surface area contributed by atoms with Gasteiger partial charge >= 0.3 is 0 Å². The summed E-state index contributed by atoms with van der Waals surface area (Å²) >= 11 is 0. The zero-order valence-corrected chi connectivity index (χ0v) is 14.8. The summed E-state index contributed by atoms with van der Waals surface area (Å²) in [5, 5.41) is 3.57. The lowest BCUT2D eigenvalue weighted by molar-refractivity contribution is 0.324. The van der Waals surface area contributed by atoms with E-state index in [9.17, 15) is 0 Å². The van der Waals surface area contributed by atoms with Crippen molar-refractivity contribution < 1.29 is 0 Å². The minimum absolute atomic E-state index is 1.04. The zero-order valence-electron chi connectivity index (χ0n) is 14.8. The van der Waals surface area contributed by atoms with Crippen LogP contribution in [0.4, 0.5) is 0 Å². The molecule has 0 saturated carbocycles. The van der Waals surface area contributed by atoms with Crippen LogP contribution in [0.2, 0.25) is 0 Å². The topological polar surface area (TPSA) is 15.3 Å². The number of hydrogen-bond donors (Lipinski definition) is 1. The second kappa shape index (κ2) is 13.8. The molecule has 22 heavy (non-hydrogen) atoms. The summed E-state index contributed by atoms with van der Waals surface area (Å²) in [4.78, 5) is 2.38. The third-order valence-corrected chi connectivity index (χ3v) is 4.17. The lowest BCUT2D eigenvalue weighted by Gasteiger charge is -2.17. The summed E-state index contributed by atoms with van der Waals surface area (Å²) in [6.07, 6.45) is 11.2. The van der Waals surface area contributed by atoms with E-state index in [1.165, 1.54) is 63.5 Å². The molecule has 2 heteroatoms. The Labute approximate surface area is 138 Å². The van der Waals surface area contributed by atoms with Crippen molar-refractivity contribution in [3.05, 3.63) is 35.9 Å². The van der Waals surface area contributed by atoms with E-state index in [1.807, 2.05) is 0 Å². The van der Waals surface area contributed by atoms with Gasteiger partial charge in [-0.1, -0.05) is 82.2 Å². The Balaban J connectivity index is 1.85. The molecule has 0 atom stereocenters. The van der Waals surface area contributed by atoms with Gasteiger partial charge in [0.05, 0.1) is 0 Å². The van der Waals surface area contributed by atoms with Crippen LogP contribution in [-0.2, 0) is 6.54 Å². The van der Waals surface area contributed by atoms with Crippen molar-refractivity contribution in [2.24, 2.45) is 0 Å². The van der Waals surface area contributed by atoms with E-state index in [4.69, 9.17) is 0 Å². The number of rotatable bonds is 14. The maximum absolute atomic E-state index is 3.57. The highest BCUT2D eigenvalue weighted by Crippen LogP contribution is 2.07. The molecule has 0 amide bonds. The van der Waals surface area contributed by atoms with Crippen molar-refractivity contribution in [1.29, 1.82) is 0 Å². The molecular formula is C20H36N2. The van der Waals surface area contributed by atoms with Crippen LogP contribution in [0.5, 0.6) is 0 Å². The summed E-state index contributed by atoms with van der Waals surface area (Å²) in [7, 11) is 2.20. The van der Waals surface area contributed by atoms with E-state index in [0.717, 1.165) is 19.6 Å². The molecule has 0 unspecified atom stereocenters. The third kappa shape index (κ3) is 10.8. The minimum atomic E-state index is 1.04. The van der Waals surface area contributed by atoms with E-state index in [0.29, 0.717) is 0 Å². The van der Waals surface area contributed by atoms with Crippen LogP contribution in [0.15, 0.2) is 30.3 Å². The van der Waals surface area contributed by atoms with Crippen molar-refractivity contribution >= 4 is 0 Å². The summed E-state index contributed by atoms with van der Waals surface area (Å²) in [5.74, 6) is 0. The Kier molecular flexibility index (Phi) is 12.0. The van der Waals surface area contributed by atoms with Crippen LogP contribution in [-0.4, -0.2) is 31.6 Å². The minimum Gasteiger partial charge on any atom is -0.315 e. The Bertz CT molecular complexity index is 337. The largest absolute Gasteiger partial charge is 0.315 e. The molecule has 2 nitrogen and oxygen atoms in total. The predicted molar refractivity (Wildman–Crippen MR) is 98.3 cm³/mol. The van der Waals surface area contributed by atoms with Crippen molar-refractivity contribution in [2.45, 2.75) is 64.8 Å². The Hall–Kier alpha value is -0.860. The van der Waals surface area contributed by atoms with Crippen LogP contribution in [0.1, 0.15) is 63.9 Å². The molecule has 0 heterocycles. The van der Waals surface area contributed by atoms with Crippen molar-refractivity contribution in [3.8, 4) is 0 Å². The number of nitrogens with one attached hydrogen (secondary N) is 1. The van der Waals surface area contributed by atoms with Gasteiger partial charge in [0.2, 0.25) is 0 Å². The quantitative estimate of drug-likeness (QED) is 0.494. The number of unbranched alkanes of at least 4 members (excludes halogenated alkanes) is 7. The molecule has 0 bridgehead atoms. The van der Waals surface area contributed by atoms with Gasteiger partial charge in [-0.25, -0.2) is 0 Å². The van der Waals surface area contributed by atoms with Gasteiger partial charge in [0.1, 0.15) is 0 Å².